The minimum absolute atomic E-state index is 0.122. The van der Waals surface area contributed by atoms with Crippen LogP contribution in [0.4, 0.5) is 10.5 Å². The van der Waals surface area contributed by atoms with Crippen LogP contribution < -0.4 is 10.1 Å². The zero-order valence-corrected chi connectivity index (χ0v) is 14.6. The van der Waals surface area contributed by atoms with Gasteiger partial charge in [-0.1, -0.05) is 48.9 Å². The van der Waals surface area contributed by atoms with Crippen molar-refractivity contribution in [2.45, 2.75) is 13.3 Å². The molecule has 1 saturated heterocycles. The van der Waals surface area contributed by atoms with Crippen molar-refractivity contribution in [2.24, 2.45) is 5.41 Å². The van der Waals surface area contributed by atoms with Gasteiger partial charge in [-0.15, -0.1) is 0 Å². The van der Waals surface area contributed by atoms with Gasteiger partial charge in [-0.05, 0) is 30.2 Å². The summed E-state index contributed by atoms with van der Waals surface area (Å²) < 4.78 is 5.26. The van der Waals surface area contributed by atoms with Gasteiger partial charge in [0.25, 0.3) is 0 Å². The van der Waals surface area contributed by atoms with Gasteiger partial charge in [0.1, 0.15) is 5.75 Å². The van der Waals surface area contributed by atoms with Crippen LogP contribution >= 0.6 is 11.6 Å². The third-order valence-electron chi connectivity index (χ3n) is 4.31. The first-order valence-corrected chi connectivity index (χ1v) is 8.30. The number of methoxy groups -OCH3 is 1. The number of hydrogen-bond acceptors (Lipinski definition) is 2. The molecule has 0 aliphatic carbocycles. The molecule has 1 aliphatic heterocycles. The van der Waals surface area contributed by atoms with Crippen LogP contribution in [0.1, 0.15) is 12.5 Å². The number of likely N-dealkylation sites (tertiary alicyclic amines) is 1. The molecule has 2 aromatic carbocycles. The summed E-state index contributed by atoms with van der Waals surface area (Å²) in [5.74, 6) is 0.598. The number of anilines is 1. The van der Waals surface area contributed by atoms with E-state index in [2.05, 4.69) is 24.4 Å². The largest absolute Gasteiger partial charge is 0.495 e. The van der Waals surface area contributed by atoms with Gasteiger partial charge in [0.2, 0.25) is 0 Å². The normalized spacial score (nSPS) is 15.5. The molecule has 2 aromatic rings. The molecule has 24 heavy (non-hydrogen) atoms. The molecule has 0 bridgehead atoms. The van der Waals surface area contributed by atoms with Gasteiger partial charge in [-0.3, -0.25) is 0 Å². The Morgan fingerprint density at radius 3 is 2.62 bits per heavy atom. The van der Waals surface area contributed by atoms with Gasteiger partial charge < -0.3 is 15.0 Å². The maximum Gasteiger partial charge on any atom is 0.321 e. The van der Waals surface area contributed by atoms with E-state index in [0.717, 1.165) is 19.5 Å². The van der Waals surface area contributed by atoms with Crippen LogP contribution in [-0.2, 0) is 6.42 Å². The number of hydrogen-bond donors (Lipinski definition) is 1. The van der Waals surface area contributed by atoms with Gasteiger partial charge in [0.05, 0.1) is 12.8 Å². The Hall–Kier alpha value is -2.20. The van der Waals surface area contributed by atoms with Gasteiger partial charge in [0.15, 0.2) is 0 Å². The van der Waals surface area contributed by atoms with E-state index in [4.69, 9.17) is 16.3 Å². The highest BCUT2D eigenvalue weighted by atomic mass is 35.5. The number of ether oxygens (including phenoxy) is 1. The van der Waals surface area contributed by atoms with E-state index >= 15 is 0 Å². The summed E-state index contributed by atoms with van der Waals surface area (Å²) in [4.78, 5) is 14.2. The highest BCUT2D eigenvalue weighted by Gasteiger charge is 2.41. The molecule has 1 heterocycles. The second-order valence-electron chi connectivity index (χ2n) is 6.60. The Bertz CT molecular complexity index is 727. The Balaban J connectivity index is 1.60. The summed E-state index contributed by atoms with van der Waals surface area (Å²) in [6, 6.07) is 15.4. The number of halogens is 1. The van der Waals surface area contributed by atoms with Crippen molar-refractivity contribution in [3.63, 3.8) is 0 Å². The van der Waals surface area contributed by atoms with Crippen molar-refractivity contribution in [2.75, 3.05) is 25.5 Å². The van der Waals surface area contributed by atoms with Crippen LogP contribution in [0.5, 0.6) is 5.75 Å². The predicted molar refractivity (Wildman–Crippen MR) is 96.8 cm³/mol. The Labute approximate surface area is 147 Å². The standard InChI is InChI=1S/C19H21ClN2O2/c1-19(11-14-6-4-3-5-7-14)12-22(13-19)18(23)21-16-10-15(20)8-9-17(16)24-2/h3-10H,11-13H2,1-2H3,(H,21,23). The lowest BCUT2D eigenvalue weighted by Gasteiger charge is -2.48. The zero-order chi connectivity index (χ0) is 17.2. The van der Waals surface area contributed by atoms with Crippen LogP contribution in [0.25, 0.3) is 0 Å². The summed E-state index contributed by atoms with van der Waals surface area (Å²) in [6.07, 6.45) is 0.970. The lowest BCUT2D eigenvalue weighted by Crippen LogP contribution is -2.59. The number of amides is 2. The van der Waals surface area contributed by atoms with E-state index in [1.165, 1.54) is 5.56 Å². The molecule has 126 valence electrons. The van der Waals surface area contributed by atoms with Gasteiger partial charge in [0, 0.05) is 23.5 Å². The maximum atomic E-state index is 12.4. The van der Waals surface area contributed by atoms with Crippen molar-refractivity contribution in [1.82, 2.24) is 4.90 Å². The monoisotopic (exact) mass is 344 g/mol. The van der Waals surface area contributed by atoms with E-state index in [1.54, 1.807) is 25.3 Å². The number of urea groups is 1. The van der Waals surface area contributed by atoms with Gasteiger partial charge in [-0.2, -0.15) is 0 Å². The molecule has 0 atom stereocenters. The summed E-state index contributed by atoms with van der Waals surface area (Å²) in [6.45, 7) is 3.68. The summed E-state index contributed by atoms with van der Waals surface area (Å²) in [5, 5.41) is 3.44. The molecule has 3 rings (SSSR count). The summed E-state index contributed by atoms with van der Waals surface area (Å²) in [7, 11) is 1.57. The van der Waals surface area contributed by atoms with Crippen molar-refractivity contribution >= 4 is 23.3 Å². The van der Waals surface area contributed by atoms with Crippen molar-refractivity contribution in [1.29, 1.82) is 0 Å². The third-order valence-corrected chi connectivity index (χ3v) is 4.54. The first-order valence-electron chi connectivity index (χ1n) is 7.92. The molecule has 4 nitrogen and oxygen atoms in total. The number of nitrogens with one attached hydrogen (secondary N) is 1. The zero-order valence-electron chi connectivity index (χ0n) is 13.9. The Morgan fingerprint density at radius 1 is 1.25 bits per heavy atom. The summed E-state index contributed by atoms with van der Waals surface area (Å²) in [5.41, 5.74) is 2.01. The van der Waals surface area contributed by atoms with Crippen molar-refractivity contribution in [3.05, 3.63) is 59.1 Å². The maximum absolute atomic E-state index is 12.4. The third kappa shape index (κ3) is 3.65. The van der Waals surface area contributed by atoms with Crippen molar-refractivity contribution in [3.8, 4) is 5.75 Å². The second kappa shape index (κ2) is 6.73. The minimum Gasteiger partial charge on any atom is -0.495 e. The SMILES string of the molecule is COc1ccc(Cl)cc1NC(=O)N1CC(C)(Cc2ccccc2)C1. The molecule has 2 amide bonds. The molecule has 0 spiro atoms. The molecule has 0 saturated carbocycles. The Kier molecular flexibility index (Phi) is 4.67. The smallest absolute Gasteiger partial charge is 0.321 e. The van der Waals surface area contributed by atoms with Crippen LogP contribution in [-0.4, -0.2) is 31.1 Å². The molecular formula is C19H21ClN2O2. The number of nitrogens with zero attached hydrogens (tertiary/aromatic N) is 1. The van der Waals surface area contributed by atoms with Crippen LogP contribution in [0.15, 0.2) is 48.5 Å². The molecule has 5 heteroatoms. The fraction of sp³-hybridized carbons (Fsp3) is 0.316. The number of rotatable bonds is 4. The molecule has 0 unspecified atom stereocenters. The topological polar surface area (TPSA) is 41.6 Å². The minimum atomic E-state index is -0.124. The van der Waals surface area contributed by atoms with E-state index < -0.39 is 0 Å². The van der Waals surface area contributed by atoms with E-state index in [9.17, 15) is 4.79 Å². The fourth-order valence-electron chi connectivity index (χ4n) is 3.19. The summed E-state index contributed by atoms with van der Waals surface area (Å²) >= 11 is 6.00. The van der Waals surface area contributed by atoms with E-state index in [-0.39, 0.29) is 11.4 Å². The number of benzene rings is 2. The second-order valence-corrected chi connectivity index (χ2v) is 7.04. The molecule has 1 aliphatic rings. The van der Waals surface area contributed by atoms with E-state index in [1.807, 2.05) is 23.1 Å². The highest BCUT2D eigenvalue weighted by molar-refractivity contribution is 6.31. The number of carbonyl (C=O) groups is 1. The first-order chi connectivity index (χ1) is 11.5. The predicted octanol–water partition coefficient (Wildman–Crippen LogP) is 4.45. The molecule has 1 N–H and O–H groups in total. The quantitative estimate of drug-likeness (QED) is 0.890. The molecule has 0 aromatic heterocycles. The molecule has 0 radical (unpaired) electrons. The van der Waals surface area contributed by atoms with Crippen molar-refractivity contribution < 1.29 is 9.53 Å². The highest BCUT2D eigenvalue weighted by Crippen LogP contribution is 2.35. The van der Waals surface area contributed by atoms with E-state index in [0.29, 0.717) is 16.5 Å². The fourth-order valence-corrected chi connectivity index (χ4v) is 3.36. The van der Waals surface area contributed by atoms with Gasteiger partial charge >= 0.3 is 6.03 Å². The number of carbonyl (C=O) groups excluding carboxylic acids is 1. The van der Waals surface area contributed by atoms with Gasteiger partial charge in [-0.25, -0.2) is 4.79 Å². The lowest BCUT2D eigenvalue weighted by molar-refractivity contribution is 0.0531. The molecule has 1 fully saturated rings. The molecular weight excluding hydrogens is 324 g/mol. The Morgan fingerprint density at radius 2 is 1.96 bits per heavy atom. The average molecular weight is 345 g/mol. The van der Waals surface area contributed by atoms with Crippen LogP contribution in [0.2, 0.25) is 5.02 Å². The van der Waals surface area contributed by atoms with Crippen LogP contribution in [0, 0.1) is 5.41 Å². The lowest BCUT2D eigenvalue weighted by atomic mass is 9.77. The first kappa shape index (κ1) is 16.7. The van der Waals surface area contributed by atoms with Crippen LogP contribution in [0.3, 0.4) is 0 Å². The average Bonchev–Trinajstić information content (AvgIpc) is 2.53.